The van der Waals surface area contributed by atoms with Crippen LogP contribution in [0, 0.1) is 5.41 Å². The predicted octanol–water partition coefficient (Wildman–Crippen LogP) is 0.282. The summed E-state index contributed by atoms with van der Waals surface area (Å²) in [5.74, 6) is -0.0114. The van der Waals surface area contributed by atoms with E-state index < -0.39 is 11.5 Å². The Hall–Kier alpha value is -1.68. The Labute approximate surface area is 144 Å². The first-order valence-electron chi connectivity index (χ1n) is 7.73. The predicted molar refractivity (Wildman–Crippen MR) is 86.4 cm³/mol. The molecule has 132 valence electrons. The number of carbonyl (C=O) groups excluding carboxylic acids is 2. The molecule has 0 saturated carbocycles. The second-order valence-electron chi connectivity index (χ2n) is 7.62. The summed E-state index contributed by atoms with van der Waals surface area (Å²) in [4.78, 5) is 26.8. The Morgan fingerprint density at radius 3 is 2.71 bits per heavy atom. The highest BCUT2D eigenvalue weighted by Crippen LogP contribution is 2.56. The topological polar surface area (TPSA) is 116 Å². The molecule has 10 heteroatoms. The second-order valence-corrected chi connectivity index (χ2v) is 9.39. The number of aromatic nitrogens is 4. The number of nitrogens with two attached hydrogens (primary N) is 1. The van der Waals surface area contributed by atoms with E-state index in [1.54, 1.807) is 37.4 Å². The summed E-state index contributed by atoms with van der Waals surface area (Å²) in [5.41, 5.74) is 5.27. The molecule has 0 radical (unpaired) electrons. The lowest BCUT2D eigenvalue weighted by Gasteiger charge is -2.41. The minimum absolute atomic E-state index is 0.0526. The molecular weight excluding hydrogens is 332 g/mol. The lowest BCUT2D eigenvalue weighted by Crippen LogP contribution is -2.65. The minimum atomic E-state index is -0.596. The van der Waals surface area contributed by atoms with Gasteiger partial charge in [-0.25, -0.2) is 0 Å². The van der Waals surface area contributed by atoms with Crippen LogP contribution in [0.25, 0.3) is 0 Å². The second kappa shape index (κ2) is 5.41. The molecule has 0 aliphatic carbocycles. The minimum Gasteiger partial charge on any atom is -0.440 e. The molecule has 2 aliphatic heterocycles. The zero-order valence-electron chi connectivity index (χ0n) is 14.4. The van der Waals surface area contributed by atoms with Crippen LogP contribution < -0.4 is 5.73 Å². The first-order valence-corrected chi connectivity index (χ1v) is 8.61. The smallest absolute Gasteiger partial charge is 0.313 e. The number of hydrogen-bond acceptors (Lipinski definition) is 8. The van der Waals surface area contributed by atoms with Crippen molar-refractivity contribution in [3.8, 4) is 0 Å². The molecule has 2 saturated heterocycles. The van der Waals surface area contributed by atoms with Gasteiger partial charge in [0.15, 0.2) is 5.82 Å². The van der Waals surface area contributed by atoms with Crippen molar-refractivity contribution in [2.45, 2.75) is 63.6 Å². The van der Waals surface area contributed by atoms with Crippen molar-refractivity contribution >= 4 is 23.6 Å². The van der Waals surface area contributed by atoms with Gasteiger partial charge in [-0.1, -0.05) is 0 Å². The molecule has 3 atom stereocenters. The Balaban J connectivity index is 1.73. The van der Waals surface area contributed by atoms with E-state index in [1.165, 1.54) is 4.80 Å². The summed E-state index contributed by atoms with van der Waals surface area (Å²) in [6.45, 7) is 9.26. The van der Waals surface area contributed by atoms with E-state index >= 15 is 0 Å². The number of carbonyl (C=O) groups is 2. The zero-order chi connectivity index (χ0) is 17.9. The van der Waals surface area contributed by atoms with Crippen LogP contribution in [0.5, 0.6) is 0 Å². The molecule has 1 amide bonds. The van der Waals surface area contributed by atoms with Gasteiger partial charge in [0.25, 0.3) is 0 Å². The molecule has 1 aromatic heterocycles. The molecule has 0 spiro atoms. The van der Waals surface area contributed by atoms with Gasteiger partial charge in [-0.2, -0.15) is 0 Å². The molecule has 1 aromatic rings. The fraction of sp³-hybridized carbons (Fsp3) is 0.786. The van der Waals surface area contributed by atoms with Crippen LogP contribution in [0.15, 0.2) is 0 Å². The van der Waals surface area contributed by atoms with Crippen molar-refractivity contribution in [2.24, 2.45) is 11.1 Å². The van der Waals surface area contributed by atoms with Crippen molar-refractivity contribution in [1.29, 1.82) is 0 Å². The number of β-lactam (4-membered cyclic amide) rings is 1. The normalized spacial score (nSPS) is 28.5. The summed E-state index contributed by atoms with van der Waals surface area (Å²) in [6, 6.07) is -0.770. The third-order valence-corrected chi connectivity index (χ3v) is 5.71. The molecule has 3 rings (SSSR count). The van der Waals surface area contributed by atoms with Crippen molar-refractivity contribution < 1.29 is 14.3 Å². The molecule has 3 unspecified atom stereocenters. The highest BCUT2D eigenvalue weighted by atomic mass is 32.2. The first kappa shape index (κ1) is 17.2. The Morgan fingerprint density at radius 1 is 1.42 bits per heavy atom. The van der Waals surface area contributed by atoms with E-state index in [4.69, 9.17) is 10.5 Å². The molecule has 2 fully saturated rings. The maximum absolute atomic E-state index is 12.1. The fourth-order valence-electron chi connectivity index (χ4n) is 2.81. The summed E-state index contributed by atoms with van der Waals surface area (Å²) >= 11 is 1.64. The monoisotopic (exact) mass is 354 g/mol. The average molecular weight is 354 g/mol. The summed E-state index contributed by atoms with van der Waals surface area (Å²) in [6.07, 6.45) is 0. The average Bonchev–Trinajstić information content (AvgIpc) is 3.03. The van der Waals surface area contributed by atoms with E-state index in [1.807, 2.05) is 13.8 Å². The lowest BCUT2D eigenvalue weighted by molar-refractivity contribution is -0.157. The number of fused-ring (bicyclic) bond motifs is 1. The van der Waals surface area contributed by atoms with Gasteiger partial charge in [0.2, 0.25) is 12.6 Å². The molecule has 2 N–H and O–H groups in total. The van der Waals surface area contributed by atoms with E-state index in [-0.39, 0.29) is 34.8 Å². The van der Waals surface area contributed by atoms with Crippen LogP contribution >= 0.6 is 11.8 Å². The van der Waals surface area contributed by atoms with Gasteiger partial charge < -0.3 is 15.4 Å². The van der Waals surface area contributed by atoms with Crippen LogP contribution in [0.2, 0.25) is 0 Å². The van der Waals surface area contributed by atoms with Crippen LogP contribution in [0.1, 0.15) is 46.5 Å². The summed E-state index contributed by atoms with van der Waals surface area (Å²) in [5, 5.41) is 12.2. The van der Waals surface area contributed by atoms with Gasteiger partial charge in [-0.05, 0) is 39.8 Å². The maximum atomic E-state index is 12.1. The zero-order valence-corrected chi connectivity index (χ0v) is 15.2. The number of ether oxygens (including phenoxy) is 1. The van der Waals surface area contributed by atoms with Gasteiger partial charge in [0.05, 0.1) is 5.41 Å². The SMILES string of the molecule is CC(C)(C)C(=O)OCn1nnc(C2N3C(=O)C(N)C3SC2(C)C)n1. The van der Waals surface area contributed by atoms with Crippen molar-refractivity contribution in [2.75, 3.05) is 0 Å². The van der Waals surface area contributed by atoms with E-state index in [0.717, 1.165) is 0 Å². The first-order chi connectivity index (χ1) is 11.0. The van der Waals surface area contributed by atoms with Crippen molar-refractivity contribution in [1.82, 2.24) is 25.1 Å². The quantitative estimate of drug-likeness (QED) is 0.608. The maximum Gasteiger partial charge on any atom is 0.313 e. The third kappa shape index (κ3) is 2.67. The van der Waals surface area contributed by atoms with Crippen LogP contribution in [-0.2, 0) is 21.1 Å². The van der Waals surface area contributed by atoms with Gasteiger partial charge in [-0.15, -0.1) is 26.8 Å². The molecule has 2 aliphatic rings. The van der Waals surface area contributed by atoms with Crippen LogP contribution in [-0.4, -0.2) is 53.1 Å². The van der Waals surface area contributed by atoms with Gasteiger partial charge >= 0.3 is 5.97 Å². The molecule has 3 heterocycles. The molecule has 0 bridgehead atoms. The molecule has 9 nitrogen and oxygen atoms in total. The van der Waals surface area contributed by atoms with Gasteiger partial charge in [-0.3, -0.25) is 9.59 Å². The summed E-state index contributed by atoms with van der Waals surface area (Å²) in [7, 11) is 0. The van der Waals surface area contributed by atoms with E-state index in [9.17, 15) is 9.59 Å². The van der Waals surface area contributed by atoms with Crippen LogP contribution in [0.3, 0.4) is 0 Å². The Kier molecular flexibility index (Phi) is 3.87. The summed E-state index contributed by atoms with van der Waals surface area (Å²) < 4.78 is 4.90. The number of esters is 1. The lowest BCUT2D eigenvalue weighted by atomic mass is 9.96. The standard InChI is InChI=1S/C14H22N6O3S/c1-13(2,3)12(22)23-6-19-17-9(16-18-19)8-14(4,5)24-11-7(15)10(21)20(8)11/h7-8,11H,6,15H2,1-5H3. The number of amides is 1. The van der Waals surface area contributed by atoms with E-state index in [0.29, 0.717) is 5.82 Å². The number of nitrogens with zero attached hydrogens (tertiary/aromatic N) is 5. The molecule has 24 heavy (non-hydrogen) atoms. The van der Waals surface area contributed by atoms with Crippen LogP contribution in [0.4, 0.5) is 0 Å². The number of thioether (sulfide) groups is 1. The largest absolute Gasteiger partial charge is 0.440 e. The fourth-order valence-corrected chi connectivity index (χ4v) is 4.39. The van der Waals surface area contributed by atoms with Gasteiger partial charge in [0.1, 0.15) is 17.5 Å². The number of tetrazole rings is 1. The van der Waals surface area contributed by atoms with Crippen molar-refractivity contribution in [3.63, 3.8) is 0 Å². The number of hydrogen-bond donors (Lipinski definition) is 1. The van der Waals surface area contributed by atoms with E-state index in [2.05, 4.69) is 15.4 Å². The molecule has 0 aromatic carbocycles. The van der Waals surface area contributed by atoms with Gasteiger partial charge in [0, 0.05) is 4.75 Å². The third-order valence-electron chi connectivity index (χ3n) is 4.12. The van der Waals surface area contributed by atoms with Crippen molar-refractivity contribution in [3.05, 3.63) is 5.82 Å². The number of rotatable bonds is 3. The Bertz CT molecular complexity index is 682. The highest BCUT2D eigenvalue weighted by Gasteiger charge is 2.61. The highest BCUT2D eigenvalue weighted by molar-refractivity contribution is 8.01. The molecular formula is C14H22N6O3S. The Morgan fingerprint density at radius 2 is 2.08 bits per heavy atom.